The second-order valence-corrected chi connectivity index (χ2v) is 6.29. The number of carbonyl (C=O) groups is 3. The van der Waals surface area contributed by atoms with Gasteiger partial charge in [-0.15, -0.1) is 0 Å². The molecule has 0 atom stereocenters. The summed E-state index contributed by atoms with van der Waals surface area (Å²) >= 11 is 0. The Bertz CT molecular complexity index is 1090. The number of rotatable bonds is 7. The molecule has 0 aliphatic carbocycles. The highest BCUT2D eigenvalue weighted by atomic mass is 16.5. The zero-order valence-corrected chi connectivity index (χ0v) is 16.0. The molecule has 6 nitrogen and oxygen atoms in total. The minimum atomic E-state index is -0.784. The number of esters is 1. The van der Waals surface area contributed by atoms with Crippen LogP contribution in [0, 0.1) is 11.3 Å². The molecule has 0 N–H and O–H groups in total. The average Bonchev–Trinajstić information content (AvgIpc) is 2.81. The minimum Gasteiger partial charge on any atom is -0.452 e. The highest BCUT2D eigenvalue weighted by Gasteiger charge is 2.22. The molecule has 0 radical (unpaired) electrons. The van der Waals surface area contributed by atoms with Crippen LogP contribution in [0.5, 0.6) is 0 Å². The lowest BCUT2D eigenvalue weighted by Crippen LogP contribution is -2.35. The monoisotopic (exact) mass is 398 g/mol. The smallest absolute Gasteiger partial charge is 0.339 e. The van der Waals surface area contributed by atoms with Crippen LogP contribution in [0.15, 0.2) is 84.9 Å². The summed E-state index contributed by atoms with van der Waals surface area (Å²) in [5.41, 5.74) is 1.24. The van der Waals surface area contributed by atoms with Gasteiger partial charge in [0.25, 0.3) is 5.91 Å². The Balaban J connectivity index is 1.75. The van der Waals surface area contributed by atoms with E-state index in [2.05, 4.69) is 0 Å². The number of ether oxygens (including phenoxy) is 1. The lowest BCUT2D eigenvalue weighted by molar-refractivity contribution is -0.121. The third-order valence-electron chi connectivity index (χ3n) is 4.35. The molecule has 0 spiro atoms. The first kappa shape index (κ1) is 20.5. The summed E-state index contributed by atoms with van der Waals surface area (Å²) < 4.78 is 5.17. The van der Waals surface area contributed by atoms with E-state index in [9.17, 15) is 14.4 Å². The summed E-state index contributed by atoms with van der Waals surface area (Å²) in [4.78, 5) is 39.2. The van der Waals surface area contributed by atoms with Gasteiger partial charge in [-0.2, -0.15) is 5.26 Å². The fourth-order valence-electron chi connectivity index (χ4n) is 2.89. The van der Waals surface area contributed by atoms with Gasteiger partial charge in [0.1, 0.15) is 6.54 Å². The Kier molecular flexibility index (Phi) is 6.70. The Morgan fingerprint density at radius 2 is 1.37 bits per heavy atom. The first-order valence-corrected chi connectivity index (χ1v) is 9.20. The van der Waals surface area contributed by atoms with Crippen LogP contribution in [-0.2, 0) is 9.53 Å². The average molecular weight is 398 g/mol. The van der Waals surface area contributed by atoms with E-state index in [0.29, 0.717) is 11.3 Å². The third kappa shape index (κ3) is 4.78. The third-order valence-corrected chi connectivity index (χ3v) is 4.35. The van der Waals surface area contributed by atoms with Crippen LogP contribution < -0.4 is 4.90 Å². The van der Waals surface area contributed by atoms with Gasteiger partial charge in [0.05, 0.1) is 11.6 Å². The van der Waals surface area contributed by atoms with Crippen molar-refractivity contribution in [2.75, 3.05) is 18.1 Å². The number of hydrogen-bond donors (Lipinski definition) is 0. The maximum atomic E-state index is 12.8. The molecule has 3 aromatic carbocycles. The van der Waals surface area contributed by atoms with Crippen molar-refractivity contribution in [3.8, 4) is 6.07 Å². The molecule has 0 heterocycles. The van der Waals surface area contributed by atoms with Crippen molar-refractivity contribution in [3.63, 3.8) is 0 Å². The molecule has 1 amide bonds. The molecule has 0 saturated heterocycles. The van der Waals surface area contributed by atoms with Crippen LogP contribution in [0.4, 0.5) is 5.69 Å². The molecule has 0 saturated carbocycles. The highest BCUT2D eigenvalue weighted by Crippen LogP contribution is 2.17. The van der Waals surface area contributed by atoms with Crippen molar-refractivity contribution >= 4 is 23.3 Å². The number of hydrogen-bond acceptors (Lipinski definition) is 5. The summed E-state index contributed by atoms with van der Waals surface area (Å²) in [5, 5.41) is 9.02. The van der Waals surface area contributed by atoms with Crippen LogP contribution in [0.1, 0.15) is 26.3 Å². The van der Waals surface area contributed by atoms with E-state index in [1.165, 1.54) is 11.0 Å². The Hall–Kier alpha value is -4.24. The fraction of sp³-hybridized carbons (Fsp3) is 0.0833. The number of amides is 1. The summed E-state index contributed by atoms with van der Waals surface area (Å²) in [7, 11) is 0. The lowest BCUT2D eigenvalue weighted by atomic mass is 9.98. The molecule has 30 heavy (non-hydrogen) atoms. The van der Waals surface area contributed by atoms with Crippen LogP contribution in [0.3, 0.4) is 0 Å². The SMILES string of the molecule is N#CCN(C(=O)COC(=O)c1ccccc1C(=O)c1ccccc1)c1ccccc1. The van der Waals surface area contributed by atoms with E-state index in [1.807, 2.05) is 6.07 Å². The standard InChI is InChI=1S/C24H18N2O4/c25-15-16-26(19-11-5-2-6-12-19)22(27)17-30-24(29)21-14-8-7-13-20(21)23(28)18-9-3-1-4-10-18/h1-14H,16-17H2. The predicted molar refractivity (Wildman–Crippen MR) is 111 cm³/mol. The van der Waals surface area contributed by atoms with Crippen LogP contribution in [-0.4, -0.2) is 30.8 Å². The fourth-order valence-corrected chi connectivity index (χ4v) is 2.89. The number of ketones is 1. The van der Waals surface area contributed by atoms with Crippen LogP contribution >= 0.6 is 0 Å². The van der Waals surface area contributed by atoms with Crippen molar-refractivity contribution in [1.82, 2.24) is 0 Å². The van der Waals surface area contributed by atoms with Gasteiger partial charge in [-0.3, -0.25) is 14.5 Å². The maximum Gasteiger partial charge on any atom is 0.339 e. The van der Waals surface area contributed by atoms with E-state index < -0.39 is 18.5 Å². The largest absolute Gasteiger partial charge is 0.452 e. The van der Waals surface area contributed by atoms with Gasteiger partial charge < -0.3 is 4.74 Å². The first-order chi connectivity index (χ1) is 14.6. The molecule has 0 unspecified atom stereocenters. The Morgan fingerprint density at radius 3 is 2.00 bits per heavy atom. The van der Waals surface area contributed by atoms with Gasteiger partial charge in [0.15, 0.2) is 12.4 Å². The second-order valence-electron chi connectivity index (χ2n) is 6.29. The molecule has 0 bridgehead atoms. The van der Waals surface area contributed by atoms with Crippen LogP contribution in [0.25, 0.3) is 0 Å². The van der Waals surface area contributed by atoms with E-state index >= 15 is 0 Å². The number of para-hydroxylation sites is 1. The number of nitrogens with zero attached hydrogens (tertiary/aromatic N) is 2. The molecule has 6 heteroatoms. The van der Waals surface area contributed by atoms with Gasteiger partial charge in [0, 0.05) is 16.8 Å². The minimum absolute atomic E-state index is 0.0747. The van der Waals surface area contributed by atoms with Gasteiger partial charge in [-0.1, -0.05) is 66.7 Å². The van der Waals surface area contributed by atoms with E-state index in [0.717, 1.165) is 0 Å². The number of anilines is 1. The highest BCUT2D eigenvalue weighted by molar-refractivity contribution is 6.14. The molecule has 3 aromatic rings. The molecule has 0 aliphatic heterocycles. The number of benzene rings is 3. The summed E-state index contributed by atoms with van der Waals surface area (Å²) in [6, 6.07) is 25.5. The molecule has 0 aliphatic rings. The molecule has 3 rings (SSSR count). The van der Waals surface area contributed by atoms with E-state index in [-0.39, 0.29) is 23.5 Å². The van der Waals surface area contributed by atoms with Gasteiger partial charge in [0.2, 0.25) is 0 Å². The topological polar surface area (TPSA) is 87.5 Å². The van der Waals surface area contributed by atoms with Gasteiger partial charge >= 0.3 is 5.97 Å². The maximum absolute atomic E-state index is 12.8. The van der Waals surface area contributed by atoms with Gasteiger partial charge in [-0.25, -0.2) is 4.79 Å². The number of nitriles is 1. The quantitative estimate of drug-likeness (QED) is 0.345. The van der Waals surface area contributed by atoms with E-state index in [1.54, 1.807) is 78.9 Å². The zero-order valence-electron chi connectivity index (χ0n) is 16.0. The van der Waals surface area contributed by atoms with Crippen molar-refractivity contribution in [2.45, 2.75) is 0 Å². The van der Waals surface area contributed by atoms with E-state index in [4.69, 9.17) is 10.00 Å². The van der Waals surface area contributed by atoms with Crippen molar-refractivity contribution < 1.29 is 19.1 Å². The normalized spacial score (nSPS) is 9.97. The van der Waals surface area contributed by atoms with Gasteiger partial charge in [-0.05, 0) is 18.2 Å². The molecule has 0 fully saturated rings. The van der Waals surface area contributed by atoms with Crippen molar-refractivity contribution in [2.24, 2.45) is 0 Å². The second kappa shape index (κ2) is 9.80. The lowest BCUT2D eigenvalue weighted by Gasteiger charge is -2.19. The van der Waals surface area contributed by atoms with Crippen molar-refractivity contribution in [1.29, 1.82) is 5.26 Å². The predicted octanol–water partition coefficient (Wildman–Crippen LogP) is 3.63. The molecular formula is C24H18N2O4. The first-order valence-electron chi connectivity index (χ1n) is 9.20. The summed E-state index contributed by atoms with van der Waals surface area (Å²) in [6.45, 7) is -0.729. The molecular weight excluding hydrogens is 380 g/mol. The van der Waals surface area contributed by atoms with Crippen molar-refractivity contribution in [3.05, 3.63) is 102 Å². The van der Waals surface area contributed by atoms with Crippen LogP contribution in [0.2, 0.25) is 0 Å². The number of carbonyl (C=O) groups excluding carboxylic acids is 3. The molecule has 148 valence electrons. The summed E-state index contributed by atoms with van der Waals surface area (Å²) in [5.74, 6) is -1.64. The molecule has 0 aromatic heterocycles. The summed E-state index contributed by atoms with van der Waals surface area (Å²) in [6.07, 6.45) is 0. The Morgan fingerprint density at radius 1 is 0.800 bits per heavy atom. The Labute approximate surface area is 173 Å². The zero-order chi connectivity index (χ0) is 21.3.